The third kappa shape index (κ3) is 3.18. The maximum atomic E-state index is 13.8. The van der Waals surface area contributed by atoms with Crippen LogP contribution in [0.3, 0.4) is 0 Å². The zero-order valence-corrected chi connectivity index (χ0v) is 16.3. The van der Waals surface area contributed by atoms with Gasteiger partial charge in [0.15, 0.2) is 5.65 Å². The Morgan fingerprint density at radius 3 is 2.42 bits per heavy atom. The van der Waals surface area contributed by atoms with Crippen LogP contribution in [0.25, 0.3) is 17.2 Å². The molecule has 6 heteroatoms. The lowest BCUT2D eigenvalue weighted by Crippen LogP contribution is -2.50. The smallest absolute Gasteiger partial charge is 0.250 e. The van der Waals surface area contributed by atoms with Crippen LogP contribution in [0.15, 0.2) is 47.6 Å². The number of imidazole rings is 1. The Morgan fingerprint density at radius 2 is 1.85 bits per heavy atom. The number of aromatic amines is 1. The zero-order valence-electron chi connectivity index (χ0n) is 14.7. The molecular weight excluding hydrogens is 400 g/mol. The fraction of sp³-hybridized carbons (Fsp3) is 0.300. The van der Waals surface area contributed by atoms with Gasteiger partial charge in [0, 0.05) is 23.5 Å². The first-order valence-electron chi connectivity index (χ1n) is 8.54. The van der Waals surface area contributed by atoms with E-state index in [1.54, 1.807) is 12.3 Å². The van der Waals surface area contributed by atoms with Crippen LogP contribution in [0.4, 0.5) is 8.78 Å². The molecule has 0 unspecified atom stereocenters. The maximum absolute atomic E-state index is 13.8. The largest absolute Gasteiger partial charge is 0.340 e. The SMILES string of the molecule is C=Cc1ccc(C2(c3nc4ncc(Br)cc4[nH]3)CC(F)(F)C2)cc1.CC. The second kappa shape index (κ2) is 6.91. The van der Waals surface area contributed by atoms with Gasteiger partial charge < -0.3 is 4.98 Å². The molecule has 0 saturated heterocycles. The Hall–Kier alpha value is -2.08. The van der Waals surface area contributed by atoms with E-state index in [1.165, 1.54) is 0 Å². The number of alkyl halides is 2. The molecular formula is C20H20BrF2N3. The highest BCUT2D eigenvalue weighted by atomic mass is 79.9. The number of hydrogen-bond acceptors (Lipinski definition) is 2. The molecule has 1 N–H and O–H groups in total. The van der Waals surface area contributed by atoms with Crippen LogP contribution in [0, 0.1) is 0 Å². The number of rotatable bonds is 3. The fourth-order valence-corrected chi connectivity index (χ4v) is 3.71. The molecule has 1 aliphatic rings. The molecule has 0 aliphatic heterocycles. The van der Waals surface area contributed by atoms with Crippen molar-refractivity contribution in [3.63, 3.8) is 0 Å². The van der Waals surface area contributed by atoms with Crippen molar-refractivity contribution in [2.75, 3.05) is 0 Å². The van der Waals surface area contributed by atoms with E-state index in [2.05, 4.69) is 37.5 Å². The summed E-state index contributed by atoms with van der Waals surface area (Å²) < 4.78 is 28.4. The highest BCUT2D eigenvalue weighted by molar-refractivity contribution is 9.10. The lowest BCUT2D eigenvalue weighted by Gasteiger charge is -2.46. The average molecular weight is 420 g/mol. The third-order valence-corrected chi connectivity index (χ3v) is 5.01. The molecule has 3 nitrogen and oxygen atoms in total. The summed E-state index contributed by atoms with van der Waals surface area (Å²) in [7, 11) is 0. The first-order chi connectivity index (χ1) is 12.4. The molecule has 26 heavy (non-hydrogen) atoms. The summed E-state index contributed by atoms with van der Waals surface area (Å²) in [5.41, 5.74) is 2.24. The Kier molecular flexibility index (Phi) is 4.97. The molecule has 1 aromatic carbocycles. The summed E-state index contributed by atoms with van der Waals surface area (Å²) >= 11 is 3.36. The van der Waals surface area contributed by atoms with Crippen molar-refractivity contribution in [1.82, 2.24) is 15.0 Å². The van der Waals surface area contributed by atoms with Crippen molar-refractivity contribution in [2.45, 2.75) is 38.0 Å². The number of benzene rings is 1. The third-order valence-electron chi connectivity index (χ3n) is 4.58. The summed E-state index contributed by atoms with van der Waals surface area (Å²) in [5.74, 6) is -2.13. The van der Waals surface area contributed by atoms with Gasteiger partial charge in [-0.15, -0.1) is 0 Å². The Labute approximate surface area is 159 Å². The van der Waals surface area contributed by atoms with E-state index in [1.807, 2.05) is 44.2 Å². The summed E-state index contributed by atoms with van der Waals surface area (Å²) in [6, 6.07) is 9.38. The van der Waals surface area contributed by atoms with Gasteiger partial charge in [0.1, 0.15) is 5.82 Å². The molecule has 0 spiro atoms. The molecule has 0 atom stereocenters. The lowest BCUT2D eigenvalue weighted by molar-refractivity contribution is -0.115. The second-order valence-corrected chi connectivity index (χ2v) is 7.14. The van der Waals surface area contributed by atoms with Gasteiger partial charge in [0.05, 0.1) is 10.9 Å². The monoisotopic (exact) mass is 419 g/mol. The highest BCUT2D eigenvalue weighted by Crippen LogP contribution is 2.56. The molecule has 1 aliphatic carbocycles. The van der Waals surface area contributed by atoms with Crippen molar-refractivity contribution in [3.8, 4) is 0 Å². The van der Waals surface area contributed by atoms with Crippen LogP contribution in [-0.4, -0.2) is 20.9 Å². The minimum atomic E-state index is -2.68. The van der Waals surface area contributed by atoms with Crippen LogP contribution < -0.4 is 0 Å². The Morgan fingerprint density at radius 1 is 1.19 bits per heavy atom. The lowest BCUT2D eigenvalue weighted by atomic mass is 9.61. The quantitative estimate of drug-likeness (QED) is 0.556. The number of pyridine rings is 1. The van der Waals surface area contributed by atoms with Gasteiger partial charge in [0.2, 0.25) is 0 Å². The number of nitrogens with zero attached hydrogens (tertiary/aromatic N) is 2. The van der Waals surface area contributed by atoms with Crippen molar-refractivity contribution in [2.24, 2.45) is 0 Å². The van der Waals surface area contributed by atoms with Gasteiger partial charge in [-0.05, 0) is 33.1 Å². The van der Waals surface area contributed by atoms with E-state index >= 15 is 0 Å². The molecule has 4 rings (SSSR count). The first-order valence-corrected chi connectivity index (χ1v) is 9.34. The van der Waals surface area contributed by atoms with Crippen LogP contribution in [0.1, 0.15) is 43.6 Å². The number of fused-ring (bicyclic) bond motifs is 1. The first kappa shape index (κ1) is 18.7. The minimum absolute atomic E-state index is 0.256. The fourth-order valence-electron chi connectivity index (χ4n) is 3.38. The van der Waals surface area contributed by atoms with E-state index in [0.717, 1.165) is 21.1 Å². The van der Waals surface area contributed by atoms with E-state index in [-0.39, 0.29) is 12.8 Å². The van der Waals surface area contributed by atoms with E-state index in [0.29, 0.717) is 11.5 Å². The average Bonchev–Trinajstić information content (AvgIpc) is 3.04. The molecule has 3 aromatic rings. The molecule has 2 heterocycles. The van der Waals surface area contributed by atoms with Gasteiger partial charge in [-0.25, -0.2) is 18.7 Å². The van der Waals surface area contributed by atoms with Gasteiger partial charge in [-0.3, -0.25) is 0 Å². The van der Waals surface area contributed by atoms with Gasteiger partial charge in [-0.1, -0.05) is 50.8 Å². The highest BCUT2D eigenvalue weighted by Gasteiger charge is 2.59. The summed E-state index contributed by atoms with van der Waals surface area (Å²) in [5, 5.41) is 0. The summed E-state index contributed by atoms with van der Waals surface area (Å²) in [6.07, 6.45) is 2.87. The second-order valence-electron chi connectivity index (χ2n) is 6.23. The van der Waals surface area contributed by atoms with Crippen LogP contribution in [0.5, 0.6) is 0 Å². The van der Waals surface area contributed by atoms with Crippen molar-refractivity contribution >= 4 is 33.2 Å². The van der Waals surface area contributed by atoms with E-state index < -0.39 is 11.3 Å². The summed E-state index contributed by atoms with van der Waals surface area (Å²) in [4.78, 5) is 11.9. The van der Waals surface area contributed by atoms with Gasteiger partial charge >= 0.3 is 0 Å². The molecule has 0 radical (unpaired) electrons. The number of H-pyrrole nitrogens is 1. The van der Waals surface area contributed by atoms with Crippen molar-refractivity contribution in [3.05, 3.63) is 64.5 Å². The standard InChI is InChI=1S/C18H14BrF2N3.C2H6/c1-2-11-3-5-12(6-4-11)17(9-18(20,21)10-17)16-23-14-7-13(19)8-22-15(14)24-16;1-2/h2-8H,1,9-10H2,(H,22,23,24);1-2H3. The minimum Gasteiger partial charge on any atom is -0.340 e. The Bertz CT molecular complexity index is 924. The predicted molar refractivity (Wildman–Crippen MR) is 104 cm³/mol. The molecule has 2 aromatic heterocycles. The molecule has 0 amide bonds. The Balaban J connectivity index is 0.000000948. The van der Waals surface area contributed by atoms with Crippen LogP contribution >= 0.6 is 15.9 Å². The molecule has 0 bridgehead atoms. The number of hydrogen-bond donors (Lipinski definition) is 1. The normalized spacial score (nSPS) is 17.1. The zero-order chi connectivity index (χ0) is 18.9. The van der Waals surface area contributed by atoms with Gasteiger partial charge in [0.25, 0.3) is 5.92 Å². The van der Waals surface area contributed by atoms with Crippen molar-refractivity contribution in [1.29, 1.82) is 0 Å². The number of halogens is 3. The summed E-state index contributed by atoms with van der Waals surface area (Å²) in [6.45, 7) is 7.72. The van der Waals surface area contributed by atoms with Crippen LogP contribution in [-0.2, 0) is 5.41 Å². The maximum Gasteiger partial charge on any atom is 0.250 e. The van der Waals surface area contributed by atoms with E-state index in [9.17, 15) is 8.78 Å². The predicted octanol–water partition coefficient (Wildman–Crippen LogP) is 6.10. The van der Waals surface area contributed by atoms with E-state index in [4.69, 9.17) is 0 Å². The van der Waals surface area contributed by atoms with Crippen LogP contribution in [0.2, 0.25) is 0 Å². The van der Waals surface area contributed by atoms with Crippen molar-refractivity contribution < 1.29 is 8.78 Å². The topological polar surface area (TPSA) is 41.6 Å². The number of nitrogens with one attached hydrogen (secondary N) is 1. The number of aromatic nitrogens is 3. The molecule has 136 valence electrons. The molecule has 1 saturated carbocycles. The molecule has 1 fully saturated rings. The van der Waals surface area contributed by atoms with Gasteiger partial charge in [-0.2, -0.15) is 0 Å².